The average Bonchev–Trinajstić information content (AvgIpc) is 2.24. The molecule has 0 aliphatic heterocycles. The molecule has 0 radical (unpaired) electrons. The van der Waals surface area contributed by atoms with Crippen molar-refractivity contribution in [1.82, 2.24) is 10.6 Å². The van der Waals surface area contributed by atoms with Crippen LogP contribution < -0.4 is 10.6 Å². The van der Waals surface area contributed by atoms with Crippen LogP contribution in [-0.2, 0) is 6.42 Å². The first-order valence-electron chi connectivity index (χ1n) is 6.24. The van der Waals surface area contributed by atoms with E-state index in [1.165, 1.54) is 12.1 Å². The molecular weight excluding hydrogens is 248 g/mol. The van der Waals surface area contributed by atoms with Crippen molar-refractivity contribution in [2.45, 2.75) is 32.7 Å². The van der Waals surface area contributed by atoms with Gasteiger partial charge < -0.3 is 10.6 Å². The maximum Gasteiger partial charge on any atom is 0.191 e. The van der Waals surface area contributed by atoms with Crippen molar-refractivity contribution in [3.8, 4) is 0 Å². The Bertz CT molecular complexity index is 430. The number of aliphatic imine (C=N–C) groups is 1. The van der Waals surface area contributed by atoms with Crippen molar-refractivity contribution in [3.05, 3.63) is 35.4 Å². The summed E-state index contributed by atoms with van der Waals surface area (Å²) in [5.41, 5.74) is 0.531. The number of nitrogens with zero attached hydrogens (tertiary/aromatic N) is 1. The first kappa shape index (κ1) is 15.4. The first-order valence-corrected chi connectivity index (χ1v) is 6.24. The number of hydrogen-bond acceptors (Lipinski definition) is 1. The highest BCUT2D eigenvalue weighted by Gasteiger charge is 2.11. The Morgan fingerprint density at radius 3 is 2.21 bits per heavy atom. The van der Waals surface area contributed by atoms with Crippen LogP contribution in [-0.4, -0.2) is 25.1 Å². The molecule has 19 heavy (non-hydrogen) atoms. The Morgan fingerprint density at radius 1 is 1.16 bits per heavy atom. The van der Waals surface area contributed by atoms with Crippen LogP contribution >= 0.6 is 0 Å². The van der Waals surface area contributed by atoms with E-state index in [0.717, 1.165) is 6.07 Å². The molecule has 0 heterocycles. The highest BCUT2D eigenvalue weighted by atomic mass is 19.1. The smallest absolute Gasteiger partial charge is 0.191 e. The molecule has 106 valence electrons. The third-order valence-electron chi connectivity index (χ3n) is 2.35. The third-order valence-corrected chi connectivity index (χ3v) is 2.35. The standard InChI is InChI=1S/C14H21F2N3/c1-14(2,3)19-13(17-4)18-6-5-10-7-11(15)9-12(16)8-10/h7-9H,5-6H2,1-4H3,(H2,17,18,19). The highest BCUT2D eigenvalue weighted by Crippen LogP contribution is 2.08. The lowest BCUT2D eigenvalue weighted by Crippen LogP contribution is -2.48. The predicted molar refractivity (Wildman–Crippen MR) is 74.3 cm³/mol. The highest BCUT2D eigenvalue weighted by molar-refractivity contribution is 5.80. The maximum atomic E-state index is 13.0. The van der Waals surface area contributed by atoms with Crippen molar-refractivity contribution in [2.75, 3.05) is 13.6 Å². The van der Waals surface area contributed by atoms with Gasteiger partial charge in [0.25, 0.3) is 0 Å². The van der Waals surface area contributed by atoms with Gasteiger partial charge in [0.15, 0.2) is 5.96 Å². The van der Waals surface area contributed by atoms with Gasteiger partial charge in [-0.1, -0.05) is 0 Å². The molecule has 0 fully saturated rings. The molecule has 5 heteroatoms. The lowest BCUT2D eigenvalue weighted by molar-refractivity contribution is 0.501. The largest absolute Gasteiger partial charge is 0.356 e. The fourth-order valence-electron chi connectivity index (χ4n) is 1.61. The molecule has 0 atom stereocenters. The monoisotopic (exact) mass is 269 g/mol. The number of nitrogens with one attached hydrogen (secondary N) is 2. The van der Waals surface area contributed by atoms with Gasteiger partial charge in [0, 0.05) is 25.2 Å². The molecule has 1 rings (SSSR count). The van der Waals surface area contributed by atoms with Crippen LogP contribution in [0, 0.1) is 11.6 Å². The van der Waals surface area contributed by atoms with Gasteiger partial charge in [-0.3, -0.25) is 4.99 Å². The Hall–Kier alpha value is -1.65. The number of halogens is 2. The van der Waals surface area contributed by atoms with E-state index >= 15 is 0 Å². The average molecular weight is 269 g/mol. The lowest BCUT2D eigenvalue weighted by atomic mass is 10.1. The van der Waals surface area contributed by atoms with Gasteiger partial charge in [0.05, 0.1) is 0 Å². The molecule has 0 amide bonds. The molecule has 0 saturated heterocycles. The zero-order chi connectivity index (χ0) is 14.5. The van der Waals surface area contributed by atoms with Crippen LogP contribution in [0.5, 0.6) is 0 Å². The first-order chi connectivity index (χ1) is 8.80. The Balaban J connectivity index is 2.49. The fraction of sp³-hybridized carbons (Fsp3) is 0.500. The molecule has 0 aliphatic rings. The normalized spacial score (nSPS) is 12.4. The van der Waals surface area contributed by atoms with Gasteiger partial charge in [0.1, 0.15) is 11.6 Å². The van der Waals surface area contributed by atoms with Gasteiger partial charge in [0.2, 0.25) is 0 Å². The van der Waals surface area contributed by atoms with Crippen molar-refractivity contribution < 1.29 is 8.78 Å². The molecule has 1 aromatic carbocycles. The predicted octanol–water partition coefficient (Wildman–Crippen LogP) is 2.47. The summed E-state index contributed by atoms with van der Waals surface area (Å²) in [6.45, 7) is 6.64. The minimum Gasteiger partial charge on any atom is -0.356 e. The second-order valence-electron chi connectivity index (χ2n) is 5.40. The molecule has 0 spiro atoms. The summed E-state index contributed by atoms with van der Waals surface area (Å²) in [6, 6.07) is 3.55. The Labute approximate surface area is 113 Å². The minimum atomic E-state index is -0.549. The summed E-state index contributed by atoms with van der Waals surface area (Å²) in [4.78, 5) is 4.09. The van der Waals surface area contributed by atoms with Gasteiger partial charge >= 0.3 is 0 Å². The van der Waals surface area contributed by atoms with Crippen molar-refractivity contribution in [2.24, 2.45) is 4.99 Å². The summed E-state index contributed by atoms with van der Waals surface area (Å²) >= 11 is 0. The molecule has 0 aromatic heterocycles. The topological polar surface area (TPSA) is 36.4 Å². The zero-order valence-corrected chi connectivity index (χ0v) is 11.8. The summed E-state index contributed by atoms with van der Waals surface area (Å²) < 4.78 is 26.0. The second-order valence-corrected chi connectivity index (χ2v) is 5.40. The molecule has 3 nitrogen and oxygen atoms in total. The molecule has 0 unspecified atom stereocenters. The van der Waals surface area contributed by atoms with E-state index in [1.54, 1.807) is 7.05 Å². The van der Waals surface area contributed by atoms with Gasteiger partial charge in [-0.2, -0.15) is 0 Å². The van der Waals surface area contributed by atoms with E-state index in [2.05, 4.69) is 15.6 Å². The van der Waals surface area contributed by atoms with Gasteiger partial charge in [-0.25, -0.2) is 8.78 Å². The van der Waals surface area contributed by atoms with E-state index in [1.807, 2.05) is 20.8 Å². The number of guanidine groups is 1. The van der Waals surface area contributed by atoms with Crippen molar-refractivity contribution in [3.63, 3.8) is 0 Å². The van der Waals surface area contributed by atoms with Crippen LogP contribution in [0.25, 0.3) is 0 Å². The van der Waals surface area contributed by atoms with Crippen LogP contribution in [0.15, 0.2) is 23.2 Å². The number of benzene rings is 1. The van der Waals surface area contributed by atoms with Crippen molar-refractivity contribution in [1.29, 1.82) is 0 Å². The molecular formula is C14H21F2N3. The Kier molecular flexibility index (Phi) is 5.27. The summed E-state index contributed by atoms with van der Waals surface area (Å²) in [5.74, 6) is -0.427. The van der Waals surface area contributed by atoms with E-state index < -0.39 is 11.6 Å². The second kappa shape index (κ2) is 6.50. The molecule has 0 aliphatic carbocycles. The molecule has 0 bridgehead atoms. The fourth-order valence-corrected chi connectivity index (χ4v) is 1.61. The van der Waals surface area contributed by atoms with E-state index in [9.17, 15) is 8.78 Å². The quantitative estimate of drug-likeness (QED) is 0.653. The van der Waals surface area contributed by atoms with E-state index in [4.69, 9.17) is 0 Å². The third kappa shape index (κ3) is 6.18. The number of rotatable bonds is 3. The molecule has 2 N–H and O–H groups in total. The Morgan fingerprint density at radius 2 is 1.74 bits per heavy atom. The zero-order valence-electron chi connectivity index (χ0n) is 11.8. The SMILES string of the molecule is CN=C(NCCc1cc(F)cc(F)c1)NC(C)(C)C. The molecule has 1 aromatic rings. The van der Waals surface area contributed by atoms with Gasteiger partial charge in [-0.05, 0) is 44.9 Å². The van der Waals surface area contributed by atoms with Crippen LogP contribution in [0.4, 0.5) is 8.78 Å². The lowest BCUT2D eigenvalue weighted by Gasteiger charge is -2.23. The molecule has 0 saturated carbocycles. The maximum absolute atomic E-state index is 13.0. The van der Waals surface area contributed by atoms with Crippen molar-refractivity contribution >= 4 is 5.96 Å². The van der Waals surface area contributed by atoms with Crippen LogP contribution in [0.2, 0.25) is 0 Å². The summed E-state index contributed by atoms with van der Waals surface area (Å²) in [7, 11) is 1.68. The summed E-state index contributed by atoms with van der Waals surface area (Å²) in [6.07, 6.45) is 0.527. The van der Waals surface area contributed by atoms with Gasteiger partial charge in [-0.15, -0.1) is 0 Å². The van der Waals surface area contributed by atoms with Crippen LogP contribution in [0.1, 0.15) is 26.3 Å². The van der Waals surface area contributed by atoms with E-state index in [-0.39, 0.29) is 5.54 Å². The van der Waals surface area contributed by atoms with E-state index in [0.29, 0.717) is 24.5 Å². The summed E-state index contributed by atoms with van der Waals surface area (Å²) in [5, 5.41) is 6.31. The minimum absolute atomic E-state index is 0.0905. The number of hydrogen-bond donors (Lipinski definition) is 2. The van der Waals surface area contributed by atoms with Crippen LogP contribution in [0.3, 0.4) is 0 Å².